The molecule has 0 aliphatic rings. The first-order valence-corrected chi connectivity index (χ1v) is 7.07. The molecule has 0 saturated heterocycles. The van der Waals surface area contributed by atoms with Gasteiger partial charge < -0.3 is 10.5 Å². The van der Waals surface area contributed by atoms with Gasteiger partial charge in [-0.25, -0.2) is 0 Å². The molecule has 0 aliphatic carbocycles. The Morgan fingerprint density at radius 2 is 1.71 bits per heavy atom. The molecule has 0 spiro atoms. The van der Waals surface area contributed by atoms with E-state index >= 15 is 0 Å². The van der Waals surface area contributed by atoms with Gasteiger partial charge in [0.15, 0.2) is 0 Å². The average Bonchev–Trinajstić information content (AvgIpc) is 2.48. The van der Waals surface area contributed by atoms with Crippen molar-refractivity contribution in [1.82, 2.24) is 0 Å². The number of rotatable bonds is 4. The number of anilines is 1. The maximum absolute atomic E-state index is 11.3. The zero-order valence-electron chi connectivity index (χ0n) is 12.7. The van der Waals surface area contributed by atoms with Crippen LogP contribution in [0.15, 0.2) is 42.5 Å². The number of ether oxygens (including phenoxy) is 1. The summed E-state index contributed by atoms with van der Waals surface area (Å²) in [7, 11) is 1.40. The second kappa shape index (κ2) is 6.44. The lowest BCUT2D eigenvalue weighted by atomic mass is 9.95. The van der Waals surface area contributed by atoms with Gasteiger partial charge in [0.25, 0.3) is 0 Å². The highest BCUT2D eigenvalue weighted by Gasteiger charge is 2.07. The molecule has 21 heavy (non-hydrogen) atoms. The van der Waals surface area contributed by atoms with Gasteiger partial charge in [-0.15, -0.1) is 0 Å². The van der Waals surface area contributed by atoms with Gasteiger partial charge in [0.1, 0.15) is 0 Å². The summed E-state index contributed by atoms with van der Waals surface area (Å²) in [5.41, 5.74) is 11.2. The number of carbonyl (C=O) groups is 1. The van der Waals surface area contributed by atoms with E-state index in [2.05, 4.69) is 24.7 Å². The van der Waals surface area contributed by atoms with Crippen molar-refractivity contribution >= 4 is 11.7 Å². The molecular weight excluding hydrogens is 262 g/mol. The van der Waals surface area contributed by atoms with Crippen LogP contribution in [0.1, 0.15) is 30.9 Å². The van der Waals surface area contributed by atoms with E-state index in [1.54, 1.807) is 0 Å². The number of methoxy groups -OCH3 is 1. The molecule has 3 nitrogen and oxygen atoms in total. The molecule has 0 radical (unpaired) electrons. The Morgan fingerprint density at radius 1 is 1.10 bits per heavy atom. The molecule has 0 aromatic heterocycles. The van der Waals surface area contributed by atoms with Crippen molar-refractivity contribution < 1.29 is 9.53 Å². The first-order valence-electron chi connectivity index (χ1n) is 7.07. The number of esters is 1. The zero-order chi connectivity index (χ0) is 15.4. The predicted molar refractivity (Wildman–Crippen MR) is 86.1 cm³/mol. The van der Waals surface area contributed by atoms with Crippen LogP contribution in [0.5, 0.6) is 0 Å². The van der Waals surface area contributed by atoms with E-state index in [0.29, 0.717) is 12.3 Å². The number of carbonyl (C=O) groups excluding carboxylic acids is 1. The lowest BCUT2D eigenvalue weighted by Gasteiger charge is -2.12. The fraction of sp³-hybridized carbons (Fsp3) is 0.278. The number of benzene rings is 2. The van der Waals surface area contributed by atoms with Crippen LogP contribution in [-0.2, 0) is 16.0 Å². The lowest BCUT2D eigenvalue weighted by molar-refractivity contribution is -0.139. The van der Waals surface area contributed by atoms with Gasteiger partial charge >= 0.3 is 5.97 Å². The van der Waals surface area contributed by atoms with Crippen LogP contribution < -0.4 is 5.73 Å². The normalized spacial score (nSPS) is 10.7. The van der Waals surface area contributed by atoms with Gasteiger partial charge in [0.2, 0.25) is 0 Å². The van der Waals surface area contributed by atoms with Crippen LogP contribution in [0.2, 0.25) is 0 Å². The minimum absolute atomic E-state index is 0.225. The predicted octanol–water partition coefficient (Wildman–Crippen LogP) is 3.77. The van der Waals surface area contributed by atoms with Crippen LogP contribution >= 0.6 is 0 Å². The fourth-order valence-corrected chi connectivity index (χ4v) is 2.31. The van der Waals surface area contributed by atoms with Crippen LogP contribution in [0, 0.1) is 0 Å². The lowest BCUT2D eigenvalue weighted by Crippen LogP contribution is -2.04. The second-order valence-electron chi connectivity index (χ2n) is 5.45. The smallest absolute Gasteiger partial charge is 0.309 e. The highest BCUT2D eigenvalue weighted by molar-refractivity contribution is 5.73. The summed E-state index contributed by atoms with van der Waals surface area (Å²) in [6.45, 7) is 4.27. The van der Waals surface area contributed by atoms with Gasteiger partial charge in [0, 0.05) is 5.69 Å². The van der Waals surface area contributed by atoms with Crippen molar-refractivity contribution in [2.24, 2.45) is 0 Å². The minimum Gasteiger partial charge on any atom is -0.469 e. The third-order valence-electron chi connectivity index (χ3n) is 3.57. The molecule has 0 heterocycles. The minimum atomic E-state index is -0.225. The van der Waals surface area contributed by atoms with E-state index in [4.69, 9.17) is 5.73 Å². The Hall–Kier alpha value is -2.29. The van der Waals surface area contributed by atoms with Crippen molar-refractivity contribution in [1.29, 1.82) is 0 Å². The van der Waals surface area contributed by atoms with Crippen molar-refractivity contribution in [3.05, 3.63) is 53.6 Å². The van der Waals surface area contributed by atoms with Gasteiger partial charge in [-0.3, -0.25) is 4.79 Å². The van der Waals surface area contributed by atoms with Crippen LogP contribution in [0.4, 0.5) is 5.69 Å². The number of nitrogens with two attached hydrogens (primary N) is 1. The van der Waals surface area contributed by atoms with Crippen molar-refractivity contribution in [3.63, 3.8) is 0 Å². The molecule has 0 amide bonds. The molecular formula is C18H21NO2. The highest BCUT2D eigenvalue weighted by atomic mass is 16.5. The molecule has 110 valence electrons. The Bertz CT molecular complexity index is 630. The summed E-state index contributed by atoms with van der Waals surface area (Å²) < 4.78 is 4.67. The molecule has 2 aromatic rings. The molecule has 2 N–H and O–H groups in total. The molecule has 0 unspecified atom stereocenters. The van der Waals surface area contributed by atoms with E-state index in [1.165, 1.54) is 7.11 Å². The van der Waals surface area contributed by atoms with Gasteiger partial charge in [0.05, 0.1) is 13.5 Å². The molecule has 0 aliphatic heterocycles. The molecule has 0 atom stereocenters. The topological polar surface area (TPSA) is 52.3 Å². The standard InChI is InChI=1S/C18H21NO2/c1-12(2)16-11-15(8-9-17(16)19)14-6-4-13(5-7-14)10-18(20)21-3/h4-9,11-12H,10,19H2,1-3H3. The summed E-state index contributed by atoms with van der Waals surface area (Å²) >= 11 is 0. The number of hydrogen-bond donors (Lipinski definition) is 1. The SMILES string of the molecule is COC(=O)Cc1ccc(-c2ccc(N)c(C(C)C)c2)cc1. The summed E-state index contributed by atoms with van der Waals surface area (Å²) in [6.07, 6.45) is 0.301. The maximum atomic E-state index is 11.3. The molecule has 2 rings (SSSR count). The third-order valence-corrected chi connectivity index (χ3v) is 3.57. The summed E-state index contributed by atoms with van der Waals surface area (Å²) in [5.74, 6) is 0.167. The first-order chi connectivity index (χ1) is 10.0. The number of hydrogen-bond acceptors (Lipinski definition) is 3. The van der Waals surface area contributed by atoms with Gasteiger partial charge in [-0.2, -0.15) is 0 Å². The van der Waals surface area contributed by atoms with Crippen LogP contribution in [-0.4, -0.2) is 13.1 Å². The van der Waals surface area contributed by atoms with Crippen molar-refractivity contribution in [2.75, 3.05) is 12.8 Å². The van der Waals surface area contributed by atoms with E-state index < -0.39 is 0 Å². The Labute approximate surface area is 125 Å². The van der Waals surface area contributed by atoms with Crippen molar-refractivity contribution in [3.8, 4) is 11.1 Å². The third kappa shape index (κ3) is 3.63. The molecule has 2 aromatic carbocycles. The average molecular weight is 283 g/mol. The molecule has 0 fully saturated rings. The van der Waals surface area contributed by atoms with E-state index in [1.807, 2.05) is 36.4 Å². The fourth-order valence-electron chi connectivity index (χ4n) is 2.31. The molecule has 3 heteroatoms. The van der Waals surface area contributed by atoms with Crippen LogP contribution in [0.3, 0.4) is 0 Å². The van der Waals surface area contributed by atoms with E-state index in [-0.39, 0.29) is 5.97 Å². The summed E-state index contributed by atoms with van der Waals surface area (Å²) in [5, 5.41) is 0. The quantitative estimate of drug-likeness (QED) is 0.686. The second-order valence-corrected chi connectivity index (χ2v) is 5.45. The van der Waals surface area contributed by atoms with Crippen LogP contribution in [0.25, 0.3) is 11.1 Å². The Balaban J connectivity index is 2.26. The van der Waals surface area contributed by atoms with E-state index in [9.17, 15) is 4.79 Å². The largest absolute Gasteiger partial charge is 0.469 e. The Kier molecular flexibility index (Phi) is 4.63. The zero-order valence-corrected chi connectivity index (χ0v) is 12.7. The van der Waals surface area contributed by atoms with Gasteiger partial charge in [-0.05, 0) is 40.3 Å². The first kappa shape index (κ1) is 15.1. The highest BCUT2D eigenvalue weighted by Crippen LogP contribution is 2.28. The molecule has 0 saturated carbocycles. The Morgan fingerprint density at radius 3 is 2.29 bits per heavy atom. The molecule has 0 bridgehead atoms. The van der Waals surface area contributed by atoms with Gasteiger partial charge in [-0.1, -0.05) is 44.2 Å². The number of nitrogen functional groups attached to an aromatic ring is 1. The summed E-state index contributed by atoms with van der Waals surface area (Å²) in [4.78, 5) is 11.3. The maximum Gasteiger partial charge on any atom is 0.309 e. The summed E-state index contributed by atoms with van der Waals surface area (Å²) in [6, 6.07) is 14.1. The van der Waals surface area contributed by atoms with Crippen molar-refractivity contribution in [2.45, 2.75) is 26.2 Å². The monoisotopic (exact) mass is 283 g/mol. The van der Waals surface area contributed by atoms with E-state index in [0.717, 1.165) is 27.9 Å².